The number of benzene rings is 3. The highest BCUT2D eigenvalue weighted by Crippen LogP contribution is 2.35. The number of thiazole rings is 1. The number of amides is 3. The number of carbonyl (C=O) groups is 3. The molecule has 3 amide bonds. The summed E-state index contributed by atoms with van der Waals surface area (Å²) in [6.45, 7) is 16.2. The zero-order chi connectivity index (χ0) is 55.2. The first-order chi connectivity index (χ1) is 37.7. The lowest BCUT2D eigenvalue weighted by Gasteiger charge is -2.35. The monoisotopic (exact) mass is 1080 g/mol. The number of aliphatic hydroxyl groups excluding tert-OH is 2. The Bertz CT molecular complexity index is 2930. The van der Waals surface area contributed by atoms with E-state index in [-0.39, 0.29) is 43.8 Å². The number of ether oxygens (including phenoxy) is 1. The van der Waals surface area contributed by atoms with Crippen LogP contribution in [0.15, 0.2) is 84.4 Å². The number of unbranched alkanes of at least 4 members (excludes halogenated alkanes) is 10. The van der Waals surface area contributed by atoms with E-state index in [1.54, 1.807) is 11.3 Å². The molecule has 5 heterocycles. The van der Waals surface area contributed by atoms with E-state index in [0.717, 1.165) is 113 Å². The van der Waals surface area contributed by atoms with Crippen LogP contribution < -0.4 is 20.3 Å². The number of hydrogen-bond donors (Lipinski definition) is 4. The van der Waals surface area contributed by atoms with Crippen LogP contribution in [0.25, 0.3) is 38.5 Å². The summed E-state index contributed by atoms with van der Waals surface area (Å²) in [5.41, 5.74) is 11.5. The lowest BCUT2D eigenvalue weighted by atomic mass is 9.85. The van der Waals surface area contributed by atoms with E-state index in [1.165, 1.54) is 68.8 Å². The van der Waals surface area contributed by atoms with Gasteiger partial charge < -0.3 is 35.4 Å². The van der Waals surface area contributed by atoms with Crippen molar-refractivity contribution in [3.8, 4) is 38.6 Å². The van der Waals surface area contributed by atoms with Gasteiger partial charge in [-0.05, 0) is 61.3 Å². The number of fused-ring (bicyclic) bond motifs is 1. The third-order valence-corrected chi connectivity index (χ3v) is 16.3. The van der Waals surface area contributed by atoms with E-state index in [2.05, 4.69) is 86.9 Å². The van der Waals surface area contributed by atoms with Crippen LogP contribution in [0.3, 0.4) is 0 Å². The summed E-state index contributed by atoms with van der Waals surface area (Å²) < 4.78 is 8.49. The first kappa shape index (κ1) is 58.0. The third-order valence-electron chi connectivity index (χ3n) is 15.4. The van der Waals surface area contributed by atoms with Crippen LogP contribution in [0.1, 0.15) is 127 Å². The Morgan fingerprint density at radius 3 is 2.17 bits per heavy atom. The van der Waals surface area contributed by atoms with Crippen LogP contribution in [0.2, 0.25) is 0 Å². The van der Waals surface area contributed by atoms with Crippen LogP contribution in [0, 0.1) is 19.3 Å². The highest BCUT2D eigenvalue weighted by Gasteiger charge is 2.44. The minimum Gasteiger partial charge on any atom is -0.493 e. The Balaban J connectivity index is 0.757. The molecule has 3 aromatic heterocycles. The highest BCUT2D eigenvalue weighted by atomic mass is 32.1. The Morgan fingerprint density at radius 1 is 0.808 bits per heavy atom. The Hall–Kier alpha value is -6.20. The first-order valence-corrected chi connectivity index (χ1v) is 29.4. The molecule has 8 rings (SSSR count). The Labute approximate surface area is 465 Å². The van der Waals surface area contributed by atoms with Gasteiger partial charge in [-0.25, -0.2) is 9.97 Å². The van der Waals surface area contributed by atoms with Crippen molar-refractivity contribution in [3.05, 3.63) is 107 Å². The van der Waals surface area contributed by atoms with E-state index >= 15 is 0 Å². The largest absolute Gasteiger partial charge is 0.493 e. The molecule has 0 spiro atoms. The van der Waals surface area contributed by atoms with Crippen LogP contribution in [0.5, 0.6) is 5.75 Å². The number of aliphatic hydroxyl groups is 2. The lowest BCUT2D eigenvalue weighted by Crippen LogP contribution is -2.57. The number of anilines is 1. The van der Waals surface area contributed by atoms with Gasteiger partial charge in [0.1, 0.15) is 23.7 Å². The summed E-state index contributed by atoms with van der Waals surface area (Å²) in [6, 6.07) is 25.9. The maximum atomic E-state index is 13.8. The number of aromatic nitrogens is 4. The fourth-order valence-electron chi connectivity index (χ4n) is 11.0. The smallest absolute Gasteiger partial charge is 0.246 e. The molecule has 0 bridgehead atoms. The van der Waals surface area contributed by atoms with Crippen molar-refractivity contribution in [2.24, 2.45) is 5.41 Å². The number of rotatable bonds is 26. The average molecular weight is 1080 g/mol. The Kier molecular flexibility index (Phi) is 20.5. The molecule has 4 N–H and O–H groups in total. The molecule has 0 saturated carbocycles. The van der Waals surface area contributed by atoms with Crippen molar-refractivity contribution in [2.45, 2.75) is 150 Å². The van der Waals surface area contributed by atoms with Gasteiger partial charge in [-0.3, -0.25) is 19.3 Å². The van der Waals surface area contributed by atoms with E-state index in [1.807, 2.05) is 62.0 Å². The van der Waals surface area contributed by atoms with Crippen molar-refractivity contribution in [2.75, 3.05) is 57.4 Å². The van der Waals surface area contributed by atoms with E-state index in [0.29, 0.717) is 18.9 Å². The van der Waals surface area contributed by atoms with Gasteiger partial charge in [0.05, 0.1) is 46.8 Å². The van der Waals surface area contributed by atoms with Gasteiger partial charge in [0.2, 0.25) is 17.7 Å². The number of hydrogen-bond acceptors (Lipinski definition) is 12. The quantitative estimate of drug-likeness (QED) is 0.0380. The van der Waals surface area contributed by atoms with Crippen molar-refractivity contribution in [1.82, 2.24) is 40.0 Å². The van der Waals surface area contributed by atoms with Gasteiger partial charge in [-0.2, -0.15) is 9.61 Å². The maximum Gasteiger partial charge on any atom is 0.246 e. The van der Waals surface area contributed by atoms with Crippen LogP contribution in [0.4, 0.5) is 5.82 Å². The SMILES string of the molecule is CC(=O)N[C@H](C(=O)N1C[C@H](O)C[C@H]1C(=O)NCc1ccc(-c2scnc2C)cc1OCCCCCCCCCCCCCc1cccc(-c2c(C)nn3c(N4CCN(CCO)CC4)cc(-c4ccccc4)nc23)c1)C(C)(C)C. The molecule has 2 aliphatic heterocycles. The molecule has 16 heteroatoms. The number of likely N-dealkylation sites (tertiary alicyclic amines) is 1. The van der Waals surface area contributed by atoms with Crippen molar-refractivity contribution in [1.29, 1.82) is 0 Å². The number of nitrogens with one attached hydrogen (secondary N) is 2. The van der Waals surface area contributed by atoms with E-state index < -0.39 is 23.6 Å². The number of aryl methyl sites for hydroxylation is 3. The van der Waals surface area contributed by atoms with Crippen LogP contribution in [-0.2, 0) is 27.3 Å². The predicted octanol–water partition coefficient (Wildman–Crippen LogP) is 9.96. The fraction of sp³-hybridized carbons (Fsp3) is 0.516. The van der Waals surface area contributed by atoms with Crippen molar-refractivity contribution < 1.29 is 29.3 Å². The van der Waals surface area contributed by atoms with Gasteiger partial charge in [-0.15, -0.1) is 11.3 Å². The second kappa shape index (κ2) is 27.6. The molecule has 78 heavy (non-hydrogen) atoms. The summed E-state index contributed by atoms with van der Waals surface area (Å²) in [5.74, 6) is 0.691. The van der Waals surface area contributed by atoms with Gasteiger partial charge in [-0.1, -0.05) is 145 Å². The van der Waals surface area contributed by atoms with Gasteiger partial charge in [0, 0.05) is 81.9 Å². The van der Waals surface area contributed by atoms with Crippen molar-refractivity contribution >= 4 is 40.5 Å². The number of nitrogens with zero attached hydrogens (tertiary/aromatic N) is 7. The molecule has 3 aromatic carbocycles. The molecule has 3 atom stereocenters. The molecule has 0 unspecified atom stereocenters. The highest BCUT2D eigenvalue weighted by molar-refractivity contribution is 7.13. The summed E-state index contributed by atoms with van der Waals surface area (Å²) in [4.78, 5) is 56.4. The summed E-state index contributed by atoms with van der Waals surface area (Å²) in [6.07, 6.45) is 13.4. The number of piperazine rings is 1. The molecule has 2 saturated heterocycles. The summed E-state index contributed by atoms with van der Waals surface area (Å²) >= 11 is 1.58. The second-order valence-corrected chi connectivity index (χ2v) is 23.4. The fourth-order valence-corrected chi connectivity index (χ4v) is 11.8. The minimum absolute atomic E-state index is 0.0242. The summed E-state index contributed by atoms with van der Waals surface area (Å²) in [5, 5.41) is 31.0. The lowest BCUT2D eigenvalue weighted by molar-refractivity contribution is -0.143. The molecule has 15 nitrogen and oxygen atoms in total. The van der Waals surface area contributed by atoms with Crippen LogP contribution in [-0.4, -0.2) is 128 Å². The summed E-state index contributed by atoms with van der Waals surface area (Å²) in [7, 11) is 0. The van der Waals surface area contributed by atoms with Gasteiger partial charge >= 0.3 is 0 Å². The molecule has 0 aliphatic carbocycles. The zero-order valence-electron chi connectivity index (χ0n) is 46.9. The minimum atomic E-state index is -0.864. The average Bonchev–Trinajstić information content (AvgIpc) is 4.26. The molecule has 2 fully saturated rings. The number of carbonyl (C=O) groups excluding carboxylic acids is 3. The molecular weight excluding hydrogens is 999 g/mol. The first-order valence-electron chi connectivity index (χ1n) is 28.5. The molecule has 2 aliphatic rings. The van der Waals surface area contributed by atoms with Gasteiger partial charge in [0.15, 0.2) is 5.65 Å². The molecule has 418 valence electrons. The molecule has 6 aromatic rings. The van der Waals surface area contributed by atoms with Crippen molar-refractivity contribution in [3.63, 3.8) is 0 Å². The van der Waals surface area contributed by atoms with E-state index in [9.17, 15) is 24.6 Å². The van der Waals surface area contributed by atoms with Crippen LogP contribution >= 0.6 is 11.3 Å². The maximum absolute atomic E-state index is 13.8. The zero-order valence-corrected chi connectivity index (χ0v) is 47.8. The van der Waals surface area contributed by atoms with Gasteiger partial charge in [0.25, 0.3) is 0 Å². The standard InChI is InChI=1S/C62H83N9O6S/c1-43-56(59-66-52(47-24-18-16-19-25-47)39-55(71(59)67-43)69-31-29-68(30-32-69)33-34-72)48-26-21-23-46(36-48)22-17-14-12-10-8-7-9-11-13-15-20-35-77-54-37-49(57-44(2)64-42-78-57)27-28-50(54)40-63-60(75)53-38-51(74)41-70(53)61(76)58(62(4,5)6)65-45(3)73/h16,18-19,21,23-28,36-37,39,42,51,53,58,72,74H,7-15,17,20,22,29-35,38,40-41H2,1-6H3,(H,63,75)(H,65,73)/t51-,53+,58-/m1/s1. The predicted molar refractivity (Wildman–Crippen MR) is 312 cm³/mol. The van der Waals surface area contributed by atoms with E-state index in [4.69, 9.17) is 14.8 Å². The molecular formula is C62H83N9O6S. The molecule has 0 radical (unpaired) electrons. The third kappa shape index (κ3) is 15.1. The number of β-amino-alcohol motifs (C(OH)–C–C–N with tert-alkyl or cyclic N) is 2. The Morgan fingerprint density at radius 2 is 1.50 bits per heavy atom. The second-order valence-electron chi connectivity index (χ2n) is 22.5. The normalized spacial score (nSPS) is 16.5. The topological polar surface area (TPSA) is 178 Å².